The summed E-state index contributed by atoms with van der Waals surface area (Å²) >= 11 is 0. The van der Waals surface area contributed by atoms with Gasteiger partial charge in [-0.25, -0.2) is 0 Å². The first-order valence-corrected chi connectivity index (χ1v) is 9.26. The van der Waals surface area contributed by atoms with Gasteiger partial charge in [0.15, 0.2) is 0 Å². The quantitative estimate of drug-likeness (QED) is 0.562. The molecule has 0 spiro atoms. The third kappa shape index (κ3) is 4.51. The minimum Gasteiger partial charge on any atom is -0.497 e. The summed E-state index contributed by atoms with van der Waals surface area (Å²) in [7, 11) is 7.76. The lowest BCUT2D eigenvalue weighted by molar-refractivity contribution is -0.139. The number of nitrogens with one attached hydrogen (secondary N) is 1. The van der Waals surface area contributed by atoms with E-state index in [1.807, 2.05) is 30.3 Å². The van der Waals surface area contributed by atoms with Gasteiger partial charge in [-0.2, -0.15) is 0 Å². The number of H-pyrrole nitrogens is 1. The molecule has 7 heteroatoms. The molecule has 3 rings (SSSR count). The first-order chi connectivity index (χ1) is 14.5. The molecular weight excluding hydrogens is 386 g/mol. The fraction of sp³-hybridized carbons (Fsp3) is 0.261. The highest BCUT2D eigenvalue weighted by Crippen LogP contribution is 2.36. The smallest absolute Gasteiger partial charge is 0.311 e. The number of aromatic amines is 1. The largest absolute Gasteiger partial charge is 0.497 e. The van der Waals surface area contributed by atoms with Crippen LogP contribution >= 0.6 is 0 Å². The summed E-state index contributed by atoms with van der Waals surface area (Å²) in [6, 6.07) is 13.1. The van der Waals surface area contributed by atoms with Crippen LogP contribution in [0.25, 0.3) is 22.4 Å². The lowest BCUT2D eigenvalue weighted by atomic mass is 10.0. The van der Waals surface area contributed by atoms with Gasteiger partial charge in [-0.05, 0) is 35.9 Å². The number of hydrogen-bond donors (Lipinski definition) is 1. The van der Waals surface area contributed by atoms with Crippen molar-refractivity contribution in [3.8, 4) is 45.4 Å². The van der Waals surface area contributed by atoms with Gasteiger partial charge in [-0.3, -0.25) is 4.79 Å². The van der Waals surface area contributed by atoms with Crippen LogP contribution in [0, 0.1) is 0 Å². The SMILES string of the molecule is COC(=O)Cc1[nH]c(-c2cc(OC)cc(OC)c2)cc1-c1cc(OC)cc(OC)c1. The molecule has 0 aliphatic carbocycles. The number of rotatable bonds is 8. The molecule has 0 atom stereocenters. The Labute approximate surface area is 175 Å². The average molecular weight is 411 g/mol. The van der Waals surface area contributed by atoms with Crippen LogP contribution in [-0.4, -0.2) is 46.5 Å². The molecule has 0 saturated heterocycles. The topological polar surface area (TPSA) is 79.0 Å². The first kappa shape index (κ1) is 21.1. The van der Waals surface area contributed by atoms with Gasteiger partial charge < -0.3 is 28.7 Å². The van der Waals surface area contributed by atoms with Crippen LogP contribution in [0.4, 0.5) is 0 Å². The number of esters is 1. The van der Waals surface area contributed by atoms with Crippen LogP contribution in [0.5, 0.6) is 23.0 Å². The summed E-state index contributed by atoms with van der Waals surface area (Å²) in [5.74, 6) is 2.29. The van der Waals surface area contributed by atoms with Crippen molar-refractivity contribution in [3.05, 3.63) is 48.2 Å². The predicted molar refractivity (Wildman–Crippen MR) is 114 cm³/mol. The lowest BCUT2D eigenvalue weighted by Crippen LogP contribution is -2.05. The highest BCUT2D eigenvalue weighted by molar-refractivity contribution is 5.81. The number of carbonyl (C=O) groups excluding carboxylic acids is 1. The molecule has 7 nitrogen and oxygen atoms in total. The fourth-order valence-corrected chi connectivity index (χ4v) is 3.19. The number of methoxy groups -OCH3 is 5. The summed E-state index contributed by atoms with van der Waals surface area (Å²) < 4.78 is 26.4. The van der Waals surface area contributed by atoms with E-state index in [-0.39, 0.29) is 12.4 Å². The first-order valence-electron chi connectivity index (χ1n) is 9.26. The van der Waals surface area contributed by atoms with Crippen molar-refractivity contribution in [3.63, 3.8) is 0 Å². The zero-order chi connectivity index (χ0) is 21.7. The van der Waals surface area contributed by atoms with E-state index in [2.05, 4.69) is 4.98 Å². The summed E-state index contributed by atoms with van der Waals surface area (Å²) in [4.78, 5) is 15.4. The minimum absolute atomic E-state index is 0.0897. The summed E-state index contributed by atoms with van der Waals surface area (Å²) in [6.45, 7) is 0. The molecule has 30 heavy (non-hydrogen) atoms. The predicted octanol–water partition coefficient (Wildman–Crippen LogP) is 4.10. The summed E-state index contributed by atoms with van der Waals surface area (Å²) in [5, 5.41) is 0. The van der Waals surface area contributed by atoms with Gasteiger partial charge in [0.2, 0.25) is 0 Å². The van der Waals surface area contributed by atoms with Crippen molar-refractivity contribution in [1.82, 2.24) is 4.98 Å². The molecule has 1 aromatic heterocycles. The van der Waals surface area contributed by atoms with Crippen molar-refractivity contribution in [2.24, 2.45) is 0 Å². The van der Waals surface area contributed by atoms with Crippen LogP contribution in [0.1, 0.15) is 5.69 Å². The maximum absolute atomic E-state index is 12.0. The summed E-state index contributed by atoms with van der Waals surface area (Å²) in [5.41, 5.74) is 4.08. The Kier molecular flexibility index (Phi) is 6.51. The van der Waals surface area contributed by atoms with E-state index in [1.54, 1.807) is 40.6 Å². The molecule has 0 radical (unpaired) electrons. The number of aromatic nitrogens is 1. The molecule has 3 aromatic rings. The highest BCUT2D eigenvalue weighted by Gasteiger charge is 2.17. The van der Waals surface area contributed by atoms with Crippen molar-refractivity contribution >= 4 is 5.97 Å². The van der Waals surface area contributed by atoms with E-state index in [0.29, 0.717) is 28.7 Å². The average Bonchev–Trinajstić information content (AvgIpc) is 3.21. The second kappa shape index (κ2) is 9.26. The number of benzene rings is 2. The van der Waals surface area contributed by atoms with Gasteiger partial charge >= 0.3 is 5.97 Å². The van der Waals surface area contributed by atoms with E-state index in [0.717, 1.165) is 22.4 Å². The Morgan fingerprint density at radius 3 is 1.60 bits per heavy atom. The van der Waals surface area contributed by atoms with Crippen LogP contribution in [0.2, 0.25) is 0 Å². The second-order valence-corrected chi connectivity index (χ2v) is 6.53. The molecular formula is C23H25NO6. The Hall–Kier alpha value is -3.61. The number of ether oxygens (including phenoxy) is 5. The van der Waals surface area contributed by atoms with Gasteiger partial charge in [0.25, 0.3) is 0 Å². The molecule has 0 aliphatic rings. The van der Waals surface area contributed by atoms with E-state index in [9.17, 15) is 4.79 Å². The maximum atomic E-state index is 12.0. The molecule has 0 amide bonds. The van der Waals surface area contributed by atoms with Gasteiger partial charge in [0, 0.05) is 34.6 Å². The fourth-order valence-electron chi connectivity index (χ4n) is 3.19. The minimum atomic E-state index is -0.345. The van der Waals surface area contributed by atoms with E-state index in [1.165, 1.54) is 7.11 Å². The normalized spacial score (nSPS) is 10.4. The molecule has 0 saturated carbocycles. The maximum Gasteiger partial charge on any atom is 0.311 e. The van der Waals surface area contributed by atoms with Crippen LogP contribution in [0.15, 0.2) is 42.5 Å². The molecule has 0 bridgehead atoms. The highest BCUT2D eigenvalue weighted by atomic mass is 16.5. The van der Waals surface area contributed by atoms with Crippen molar-refractivity contribution in [2.75, 3.05) is 35.5 Å². The van der Waals surface area contributed by atoms with Crippen molar-refractivity contribution in [1.29, 1.82) is 0 Å². The Morgan fingerprint density at radius 2 is 1.17 bits per heavy atom. The molecule has 0 fully saturated rings. The molecule has 0 unspecified atom stereocenters. The zero-order valence-corrected chi connectivity index (χ0v) is 17.7. The third-order valence-corrected chi connectivity index (χ3v) is 4.77. The standard InChI is InChI=1S/C23H25NO6/c1-26-16-6-14(7-17(10-16)27-2)20-12-21(24-22(20)13-23(25)30-5)15-8-18(28-3)11-19(9-15)29-4/h6-12,24H,13H2,1-5H3. The third-order valence-electron chi connectivity index (χ3n) is 4.77. The monoisotopic (exact) mass is 411 g/mol. The number of hydrogen-bond acceptors (Lipinski definition) is 6. The lowest BCUT2D eigenvalue weighted by Gasteiger charge is -2.09. The van der Waals surface area contributed by atoms with E-state index < -0.39 is 0 Å². The Balaban J connectivity index is 2.16. The van der Waals surface area contributed by atoms with Gasteiger partial charge in [0.1, 0.15) is 23.0 Å². The molecule has 0 aliphatic heterocycles. The van der Waals surface area contributed by atoms with E-state index in [4.69, 9.17) is 23.7 Å². The second-order valence-electron chi connectivity index (χ2n) is 6.53. The van der Waals surface area contributed by atoms with Gasteiger partial charge in [-0.1, -0.05) is 0 Å². The number of carbonyl (C=O) groups is 1. The van der Waals surface area contributed by atoms with Crippen LogP contribution in [-0.2, 0) is 16.0 Å². The zero-order valence-electron chi connectivity index (χ0n) is 17.7. The van der Waals surface area contributed by atoms with Crippen LogP contribution in [0.3, 0.4) is 0 Å². The summed E-state index contributed by atoms with van der Waals surface area (Å²) in [6.07, 6.45) is 0.0897. The van der Waals surface area contributed by atoms with Gasteiger partial charge in [0.05, 0.1) is 42.0 Å². The van der Waals surface area contributed by atoms with Crippen LogP contribution < -0.4 is 18.9 Å². The van der Waals surface area contributed by atoms with Crippen molar-refractivity contribution < 1.29 is 28.5 Å². The molecule has 1 N–H and O–H groups in total. The van der Waals surface area contributed by atoms with Crippen molar-refractivity contribution in [2.45, 2.75) is 6.42 Å². The molecule has 158 valence electrons. The Bertz CT molecular complexity index is 996. The molecule has 1 heterocycles. The molecule has 2 aromatic carbocycles. The van der Waals surface area contributed by atoms with E-state index >= 15 is 0 Å². The van der Waals surface area contributed by atoms with Gasteiger partial charge in [-0.15, -0.1) is 0 Å². The Morgan fingerprint density at radius 1 is 0.700 bits per heavy atom.